The fourth-order valence-corrected chi connectivity index (χ4v) is 2.41. The van der Waals surface area contributed by atoms with Crippen LogP contribution in [0.15, 0.2) is 42.0 Å². The molecule has 1 heterocycles. The second kappa shape index (κ2) is 4.21. The third kappa shape index (κ3) is 1.91. The SMILES string of the molecule is O=C(C1=CCCCC1)c1cc2ccccc2[nH]1. The second-order valence-electron chi connectivity index (χ2n) is 4.57. The van der Waals surface area contributed by atoms with Gasteiger partial charge < -0.3 is 4.98 Å². The molecule has 17 heavy (non-hydrogen) atoms. The Morgan fingerprint density at radius 2 is 2.06 bits per heavy atom. The van der Waals surface area contributed by atoms with Crippen molar-refractivity contribution < 1.29 is 4.79 Å². The number of para-hydroxylation sites is 1. The lowest BCUT2D eigenvalue weighted by atomic mass is 9.95. The van der Waals surface area contributed by atoms with Gasteiger partial charge in [0.1, 0.15) is 0 Å². The molecule has 2 nitrogen and oxygen atoms in total. The number of ketones is 1. The summed E-state index contributed by atoms with van der Waals surface area (Å²) >= 11 is 0. The Kier molecular flexibility index (Phi) is 2.56. The van der Waals surface area contributed by atoms with Crippen LogP contribution in [-0.2, 0) is 0 Å². The van der Waals surface area contributed by atoms with Gasteiger partial charge in [0.2, 0.25) is 5.78 Å². The van der Waals surface area contributed by atoms with Crippen LogP contribution in [0, 0.1) is 0 Å². The molecule has 1 aliphatic carbocycles. The molecule has 0 aliphatic heterocycles. The summed E-state index contributed by atoms with van der Waals surface area (Å²) in [5.41, 5.74) is 2.73. The highest BCUT2D eigenvalue weighted by Crippen LogP contribution is 2.23. The van der Waals surface area contributed by atoms with E-state index in [1.807, 2.05) is 30.3 Å². The normalized spacial score (nSPS) is 15.9. The van der Waals surface area contributed by atoms with Crippen molar-refractivity contribution in [2.24, 2.45) is 0 Å². The smallest absolute Gasteiger partial charge is 0.204 e. The summed E-state index contributed by atoms with van der Waals surface area (Å²) < 4.78 is 0. The van der Waals surface area contributed by atoms with E-state index in [0.717, 1.165) is 41.4 Å². The molecule has 1 N–H and O–H groups in total. The molecule has 3 rings (SSSR count). The van der Waals surface area contributed by atoms with Crippen molar-refractivity contribution in [2.45, 2.75) is 25.7 Å². The maximum absolute atomic E-state index is 12.3. The van der Waals surface area contributed by atoms with Gasteiger partial charge in [-0.15, -0.1) is 0 Å². The van der Waals surface area contributed by atoms with Gasteiger partial charge in [-0.1, -0.05) is 24.3 Å². The number of nitrogens with one attached hydrogen (secondary N) is 1. The minimum absolute atomic E-state index is 0.168. The van der Waals surface area contributed by atoms with Crippen LogP contribution in [0.4, 0.5) is 0 Å². The van der Waals surface area contributed by atoms with Gasteiger partial charge in [-0.2, -0.15) is 0 Å². The quantitative estimate of drug-likeness (QED) is 0.773. The zero-order valence-corrected chi connectivity index (χ0v) is 9.70. The summed E-state index contributed by atoms with van der Waals surface area (Å²) in [5, 5.41) is 1.10. The molecule has 2 aromatic rings. The standard InChI is InChI=1S/C15H15NO/c17-15(11-6-2-1-3-7-11)14-10-12-8-4-5-9-13(12)16-14/h4-6,8-10,16H,1-3,7H2. The number of Topliss-reactive ketones (excluding diaryl/α,β-unsaturated/α-hetero) is 1. The summed E-state index contributed by atoms with van der Waals surface area (Å²) in [5.74, 6) is 0.168. The van der Waals surface area contributed by atoms with Crippen molar-refractivity contribution in [3.8, 4) is 0 Å². The maximum atomic E-state index is 12.3. The number of hydrogen-bond donors (Lipinski definition) is 1. The summed E-state index contributed by atoms with van der Waals surface area (Å²) in [6.45, 7) is 0. The van der Waals surface area contributed by atoms with E-state index >= 15 is 0 Å². The molecular formula is C15H15NO. The first-order chi connectivity index (χ1) is 8.34. The van der Waals surface area contributed by atoms with Crippen molar-refractivity contribution in [1.29, 1.82) is 0 Å². The average Bonchev–Trinajstić information content (AvgIpc) is 2.82. The highest BCUT2D eigenvalue weighted by atomic mass is 16.1. The molecule has 0 unspecified atom stereocenters. The molecule has 0 atom stereocenters. The van der Waals surface area contributed by atoms with Gasteiger partial charge in [-0.25, -0.2) is 0 Å². The maximum Gasteiger partial charge on any atom is 0.204 e. The Morgan fingerprint density at radius 1 is 1.18 bits per heavy atom. The van der Waals surface area contributed by atoms with Crippen LogP contribution in [0.1, 0.15) is 36.2 Å². The van der Waals surface area contributed by atoms with Crippen LogP contribution in [0.5, 0.6) is 0 Å². The lowest BCUT2D eigenvalue weighted by molar-refractivity contribution is 0.102. The van der Waals surface area contributed by atoms with E-state index in [2.05, 4.69) is 11.1 Å². The number of allylic oxidation sites excluding steroid dienone is 2. The average molecular weight is 225 g/mol. The number of aromatic nitrogens is 1. The lowest BCUT2D eigenvalue weighted by Gasteiger charge is -2.10. The Morgan fingerprint density at radius 3 is 2.82 bits per heavy atom. The number of H-pyrrole nitrogens is 1. The molecule has 1 aromatic heterocycles. The topological polar surface area (TPSA) is 32.9 Å². The van der Waals surface area contributed by atoms with E-state index in [9.17, 15) is 4.79 Å². The molecule has 0 saturated heterocycles. The minimum atomic E-state index is 0.168. The van der Waals surface area contributed by atoms with Gasteiger partial charge in [-0.05, 0) is 43.4 Å². The van der Waals surface area contributed by atoms with E-state index in [1.54, 1.807) is 0 Å². The number of fused-ring (bicyclic) bond motifs is 1. The van der Waals surface area contributed by atoms with Crippen molar-refractivity contribution >= 4 is 16.7 Å². The van der Waals surface area contributed by atoms with E-state index in [-0.39, 0.29) is 5.78 Å². The molecule has 1 aromatic carbocycles. The third-order valence-corrected chi connectivity index (χ3v) is 3.36. The number of hydrogen-bond acceptors (Lipinski definition) is 1. The predicted octanol–water partition coefficient (Wildman–Crippen LogP) is 3.85. The summed E-state index contributed by atoms with van der Waals surface area (Å²) in [4.78, 5) is 15.5. The Labute approximate surface area is 100 Å². The van der Waals surface area contributed by atoms with Crippen LogP contribution in [0.25, 0.3) is 10.9 Å². The first-order valence-corrected chi connectivity index (χ1v) is 6.16. The summed E-state index contributed by atoms with van der Waals surface area (Å²) in [6, 6.07) is 9.95. The van der Waals surface area contributed by atoms with E-state index in [1.165, 1.54) is 6.42 Å². The molecule has 0 amide bonds. The first-order valence-electron chi connectivity index (χ1n) is 6.16. The van der Waals surface area contributed by atoms with Crippen molar-refractivity contribution in [3.63, 3.8) is 0 Å². The summed E-state index contributed by atoms with van der Waals surface area (Å²) in [7, 11) is 0. The van der Waals surface area contributed by atoms with Gasteiger partial charge in [-0.3, -0.25) is 4.79 Å². The third-order valence-electron chi connectivity index (χ3n) is 3.36. The predicted molar refractivity (Wildman–Crippen MR) is 69.2 cm³/mol. The number of rotatable bonds is 2. The molecule has 86 valence electrons. The Bertz CT molecular complexity index is 559. The van der Waals surface area contributed by atoms with Crippen LogP contribution in [0.2, 0.25) is 0 Å². The van der Waals surface area contributed by atoms with Crippen molar-refractivity contribution in [3.05, 3.63) is 47.7 Å². The van der Waals surface area contributed by atoms with Gasteiger partial charge in [0, 0.05) is 10.9 Å². The monoisotopic (exact) mass is 225 g/mol. The molecular weight excluding hydrogens is 210 g/mol. The second-order valence-corrected chi connectivity index (χ2v) is 4.57. The van der Waals surface area contributed by atoms with E-state index < -0.39 is 0 Å². The number of aromatic amines is 1. The summed E-state index contributed by atoms with van der Waals surface area (Å²) in [6.07, 6.45) is 6.41. The van der Waals surface area contributed by atoms with Crippen LogP contribution < -0.4 is 0 Å². The Hall–Kier alpha value is -1.83. The molecule has 0 bridgehead atoms. The first kappa shape index (κ1) is 10.3. The highest BCUT2D eigenvalue weighted by molar-refractivity contribution is 6.09. The van der Waals surface area contributed by atoms with Gasteiger partial charge >= 0.3 is 0 Å². The number of carbonyl (C=O) groups is 1. The van der Waals surface area contributed by atoms with Crippen LogP contribution >= 0.6 is 0 Å². The van der Waals surface area contributed by atoms with E-state index in [0.29, 0.717) is 0 Å². The Balaban J connectivity index is 1.98. The molecule has 0 fully saturated rings. The molecule has 2 heteroatoms. The molecule has 0 radical (unpaired) electrons. The fourth-order valence-electron chi connectivity index (χ4n) is 2.41. The van der Waals surface area contributed by atoms with Crippen LogP contribution in [-0.4, -0.2) is 10.8 Å². The van der Waals surface area contributed by atoms with Crippen molar-refractivity contribution in [2.75, 3.05) is 0 Å². The van der Waals surface area contributed by atoms with Crippen LogP contribution in [0.3, 0.4) is 0 Å². The number of benzene rings is 1. The van der Waals surface area contributed by atoms with Crippen molar-refractivity contribution in [1.82, 2.24) is 4.98 Å². The van der Waals surface area contributed by atoms with E-state index in [4.69, 9.17) is 0 Å². The zero-order valence-electron chi connectivity index (χ0n) is 9.70. The molecule has 1 aliphatic rings. The largest absolute Gasteiger partial charge is 0.352 e. The highest BCUT2D eigenvalue weighted by Gasteiger charge is 2.16. The van der Waals surface area contributed by atoms with Gasteiger partial charge in [0.15, 0.2) is 0 Å². The number of carbonyl (C=O) groups excluding carboxylic acids is 1. The van der Waals surface area contributed by atoms with Gasteiger partial charge in [0.05, 0.1) is 5.69 Å². The zero-order chi connectivity index (χ0) is 11.7. The lowest BCUT2D eigenvalue weighted by Crippen LogP contribution is -2.06. The molecule has 0 saturated carbocycles. The minimum Gasteiger partial charge on any atom is -0.352 e. The molecule has 0 spiro atoms. The van der Waals surface area contributed by atoms with Gasteiger partial charge in [0.25, 0.3) is 0 Å². The fraction of sp³-hybridized carbons (Fsp3) is 0.267.